The molecule has 0 radical (unpaired) electrons. The van der Waals surface area contributed by atoms with Gasteiger partial charge in [-0.2, -0.15) is 8.78 Å². The molecule has 1 unspecified atom stereocenters. The number of nitrogens with zero attached hydrogens (tertiary/aromatic N) is 1. The largest absolute Gasteiger partial charge is 0.434 e. The summed E-state index contributed by atoms with van der Waals surface area (Å²) in [6.45, 7) is 3.77. The van der Waals surface area contributed by atoms with E-state index >= 15 is 0 Å². The van der Waals surface area contributed by atoms with Gasteiger partial charge < -0.3 is 10.5 Å². The molecule has 0 aliphatic carbocycles. The first kappa shape index (κ1) is 17.1. The van der Waals surface area contributed by atoms with Crippen molar-refractivity contribution in [2.45, 2.75) is 39.5 Å². The molecular weight excluding hydrogens is 310 g/mol. The normalized spacial score (nSPS) is 21.3. The Balaban J connectivity index is 1.94. The lowest BCUT2D eigenvalue weighted by atomic mass is 9.79. The van der Waals surface area contributed by atoms with Gasteiger partial charge in [0.1, 0.15) is 5.75 Å². The van der Waals surface area contributed by atoms with Gasteiger partial charge in [0.05, 0.1) is 0 Å². The van der Waals surface area contributed by atoms with Crippen LogP contribution in [0, 0.1) is 5.41 Å². The van der Waals surface area contributed by atoms with Crippen molar-refractivity contribution in [3.63, 3.8) is 0 Å². The molecule has 5 heteroatoms. The highest BCUT2D eigenvalue weighted by Gasteiger charge is 2.33. The Kier molecular flexibility index (Phi) is 4.74. The van der Waals surface area contributed by atoms with Gasteiger partial charge in [0.25, 0.3) is 0 Å². The lowest BCUT2D eigenvalue weighted by Crippen LogP contribution is -2.52. The SMILES string of the molecule is CC1(C)CN(Cc2c(OC(F)F)ccc3ccccc23)CCC1N. The van der Waals surface area contributed by atoms with Crippen molar-refractivity contribution in [3.05, 3.63) is 42.0 Å². The van der Waals surface area contributed by atoms with E-state index in [9.17, 15) is 8.78 Å². The molecule has 0 aromatic heterocycles. The molecule has 2 aromatic rings. The van der Waals surface area contributed by atoms with Crippen molar-refractivity contribution in [1.29, 1.82) is 0 Å². The van der Waals surface area contributed by atoms with E-state index in [1.807, 2.05) is 30.3 Å². The molecule has 3 rings (SSSR count). The van der Waals surface area contributed by atoms with Gasteiger partial charge in [-0.3, -0.25) is 4.90 Å². The molecule has 1 saturated heterocycles. The summed E-state index contributed by atoms with van der Waals surface area (Å²) in [5, 5.41) is 1.99. The van der Waals surface area contributed by atoms with Crippen molar-refractivity contribution in [3.8, 4) is 5.75 Å². The number of nitrogens with two attached hydrogens (primary N) is 1. The minimum Gasteiger partial charge on any atom is -0.434 e. The molecule has 1 atom stereocenters. The number of halogens is 2. The highest BCUT2D eigenvalue weighted by Crippen LogP contribution is 2.33. The van der Waals surface area contributed by atoms with Gasteiger partial charge in [-0.1, -0.05) is 44.2 Å². The Bertz CT molecular complexity index is 718. The highest BCUT2D eigenvalue weighted by atomic mass is 19.3. The summed E-state index contributed by atoms with van der Waals surface area (Å²) in [6, 6.07) is 11.5. The fourth-order valence-electron chi connectivity index (χ4n) is 3.53. The fraction of sp³-hybridized carbons (Fsp3) is 0.474. The van der Waals surface area contributed by atoms with E-state index in [0.717, 1.165) is 35.8 Å². The molecule has 130 valence electrons. The minimum atomic E-state index is -2.82. The average molecular weight is 334 g/mol. The molecule has 1 aliphatic heterocycles. The molecule has 0 spiro atoms. The van der Waals surface area contributed by atoms with Gasteiger partial charge in [-0.15, -0.1) is 0 Å². The quantitative estimate of drug-likeness (QED) is 0.918. The molecule has 1 aliphatic rings. The fourth-order valence-corrected chi connectivity index (χ4v) is 3.53. The summed E-state index contributed by atoms with van der Waals surface area (Å²) in [5.41, 5.74) is 7.03. The average Bonchev–Trinajstić information content (AvgIpc) is 2.52. The first-order valence-electron chi connectivity index (χ1n) is 8.30. The number of hydrogen-bond acceptors (Lipinski definition) is 3. The summed E-state index contributed by atoms with van der Waals surface area (Å²) in [4.78, 5) is 2.28. The number of fused-ring (bicyclic) bond motifs is 1. The van der Waals surface area contributed by atoms with Crippen LogP contribution in [0.1, 0.15) is 25.8 Å². The zero-order chi connectivity index (χ0) is 17.3. The van der Waals surface area contributed by atoms with Crippen LogP contribution < -0.4 is 10.5 Å². The molecular formula is C19H24F2N2O. The van der Waals surface area contributed by atoms with E-state index in [-0.39, 0.29) is 17.2 Å². The van der Waals surface area contributed by atoms with E-state index in [1.54, 1.807) is 6.07 Å². The third-order valence-corrected chi connectivity index (χ3v) is 4.99. The number of benzene rings is 2. The Morgan fingerprint density at radius 1 is 1.25 bits per heavy atom. The summed E-state index contributed by atoms with van der Waals surface area (Å²) in [5.74, 6) is 0.261. The van der Waals surface area contributed by atoms with Crippen LogP contribution in [0.2, 0.25) is 0 Å². The smallest absolute Gasteiger partial charge is 0.387 e. The Labute approximate surface area is 141 Å². The van der Waals surface area contributed by atoms with Gasteiger partial charge in [0, 0.05) is 31.2 Å². The van der Waals surface area contributed by atoms with Crippen LogP contribution in [-0.4, -0.2) is 30.6 Å². The number of hydrogen-bond donors (Lipinski definition) is 1. The monoisotopic (exact) mass is 334 g/mol. The van der Waals surface area contributed by atoms with E-state index in [4.69, 9.17) is 10.5 Å². The van der Waals surface area contributed by atoms with Crippen LogP contribution in [0.15, 0.2) is 36.4 Å². The van der Waals surface area contributed by atoms with E-state index in [1.165, 1.54) is 0 Å². The lowest BCUT2D eigenvalue weighted by Gasteiger charge is -2.42. The first-order chi connectivity index (χ1) is 11.4. The van der Waals surface area contributed by atoms with E-state index in [0.29, 0.717) is 6.54 Å². The summed E-state index contributed by atoms with van der Waals surface area (Å²) in [6.07, 6.45) is 0.906. The van der Waals surface area contributed by atoms with Crippen molar-refractivity contribution in [1.82, 2.24) is 4.90 Å². The maximum Gasteiger partial charge on any atom is 0.387 e. The van der Waals surface area contributed by atoms with Crippen molar-refractivity contribution < 1.29 is 13.5 Å². The molecule has 1 fully saturated rings. The number of rotatable bonds is 4. The summed E-state index contributed by atoms with van der Waals surface area (Å²) < 4.78 is 30.4. The molecule has 2 N–H and O–H groups in total. The van der Waals surface area contributed by atoms with Gasteiger partial charge in [0.15, 0.2) is 0 Å². The zero-order valence-corrected chi connectivity index (χ0v) is 14.1. The number of likely N-dealkylation sites (tertiary alicyclic amines) is 1. The highest BCUT2D eigenvalue weighted by molar-refractivity contribution is 5.87. The maximum atomic E-state index is 12.8. The molecule has 24 heavy (non-hydrogen) atoms. The number of ether oxygens (including phenoxy) is 1. The Morgan fingerprint density at radius 2 is 2.00 bits per heavy atom. The van der Waals surface area contributed by atoms with Gasteiger partial charge >= 0.3 is 6.61 Å². The second-order valence-electron chi connectivity index (χ2n) is 7.24. The van der Waals surface area contributed by atoms with Crippen molar-refractivity contribution >= 4 is 10.8 Å². The van der Waals surface area contributed by atoms with Crippen LogP contribution in [0.3, 0.4) is 0 Å². The predicted molar refractivity (Wildman–Crippen MR) is 92.2 cm³/mol. The maximum absolute atomic E-state index is 12.8. The molecule has 0 bridgehead atoms. The second-order valence-corrected chi connectivity index (χ2v) is 7.24. The zero-order valence-electron chi connectivity index (χ0n) is 14.1. The minimum absolute atomic E-state index is 0.00652. The van der Waals surface area contributed by atoms with Crippen LogP contribution in [0.25, 0.3) is 10.8 Å². The van der Waals surface area contributed by atoms with Crippen LogP contribution in [0.4, 0.5) is 8.78 Å². The standard InChI is InChI=1S/C19H24F2N2O/c1-19(2)12-23(10-9-17(19)22)11-15-14-6-4-3-5-13(14)7-8-16(15)24-18(20)21/h3-8,17-18H,9-12,22H2,1-2H3. The third kappa shape index (κ3) is 3.52. The van der Waals surface area contributed by atoms with Crippen LogP contribution in [0.5, 0.6) is 5.75 Å². The van der Waals surface area contributed by atoms with Gasteiger partial charge in [-0.05, 0) is 28.7 Å². The predicted octanol–water partition coefficient (Wildman–Crippen LogP) is 4.00. The lowest BCUT2D eigenvalue weighted by molar-refractivity contribution is -0.0508. The first-order valence-corrected chi connectivity index (χ1v) is 8.30. The Hall–Kier alpha value is -1.72. The molecule has 1 heterocycles. The molecule has 0 amide bonds. The van der Waals surface area contributed by atoms with Crippen molar-refractivity contribution in [2.24, 2.45) is 11.1 Å². The van der Waals surface area contributed by atoms with Gasteiger partial charge in [-0.25, -0.2) is 0 Å². The topological polar surface area (TPSA) is 38.5 Å². The van der Waals surface area contributed by atoms with Crippen LogP contribution in [-0.2, 0) is 6.54 Å². The van der Waals surface area contributed by atoms with Gasteiger partial charge in [0.2, 0.25) is 0 Å². The van der Waals surface area contributed by atoms with E-state index in [2.05, 4.69) is 18.7 Å². The number of piperidine rings is 1. The molecule has 3 nitrogen and oxygen atoms in total. The Morgan fingerprint density at radius 3 is 2.71 bits per heavy atom. The molecule has 2 aromatic carbocycles. The second kappa shape index (κ2) is 6.65. The summed E-state index contributed by atoms with van der Waals surface area (Å²) >= 11 is 0. The summed E-state index contributed by atoms with van der Waals surface area (Å²) in [7, 11) is 0. The third-order valence-electron chi connectivity index (χ3n) is 4.99. The molecule has 0 saturated carbocycles. The van der Waals surface area contributed by atoms with Crippen molar-refractivity contribution in [2.75, 3.05) is 13.1 Å². The van der Waals surface area contributed by atoms with E-state index < -0.39 is 6.61 Å². The number of alkyl halides is 2. The van der Waals surface area contributed by atoms with Crippen LogP contribution >= 0.6 is 0 Å².